The zero-order chi connectivity index (χ0) is 16.9. The van der Waals surface area contributed by atoms with Crippen LogP contribution in [0.1, 0.15) is 25.0 Å². The highest BCUT2D eigenvalue weighted by Crippen LogP contribution is 2.17. The van der Waals surface area contributed by atoms with Crippen LogP contribution < -0.4 is 4.72 Å². The molecular formula is C18H24N2O2S. The Morgan fingerprint density at radius 2 is 1.48 bits per heavy atom. The normalized spacial score (nSPS) is 11.7. The van der Waals surface area contributed by atoms with Crippen LogP contribution >= 0.6 is 0 Å². The van der Waals surface area contributed by atoms with Gasteiger partial charge in [0.2, 0.25) is 0 Å². The average molecular weight is 332 g/mol. The Bertz CT molecular complexity index is 719. The predicted octanol–water partition coefficient (Wildman–Crippen LogP) is 3.64. The lowest BCUT2D eigenvalue weighted by Gasteiger charge is -2.18. The first-order valence-corrected chi connectivity index (χ1v) is 9.33. The summed E-state index contributed by atoms with van der Waals surface area (Å²) in [4.78, 5) is 2.58. The van der Waals surface area contributed by atoms with Gasteiger partial charge in [-0.25, -0.2) is 8.42 Å². The van der Waals surface area contributed by atoms with Crippen molar-refractivity contribution in [2.75, 3.05) is 17.8 Å². The van der Waals surface area contributed by atoms with Gasteiger partial charge in [-0.15, -0.1) is 0 Å². The first-order chi connectivity index (χ1) is 10.9. The number of rotatable bonds is 7. The molecular weight excluding hydrogens is 308 g/mol. The molecule has 0 aliphatic rings. The van der Waals surface area contributed by atoms with Gasteiger partial charge in [0, 0.05) is 12.2 Å². The summed E-state index contributed by atoms with van der Waals surface area (Å²) in [5, 5.41) is 0. The predicted molar refractivity (Wildman–Crippen MR) is 95.1 cm³/mol. The molecule has 0 saturated carbocycles. The fourth-order valence-electron chi connectivity index (χ4n) is 2.32. The van der Waals surface area contributed by atoms with Crippen molar-refractivity contribution in [3.05, 3.63) is 59.7 Å². The van der Waals surface area contributed by atoms with E-state index in [-0.39, 0.29) is 4.90 Å². The number of anilines is 1. The zero-order valence-corrected chi connectivity index (χ0v) is 14.7. The zero-order valence-electron chi connectivity index (χ0n) is 13.9. The molecule has 5 heteroatoms. The summed E-state index contributed by atoms with van der Waals surface area (Å²) in [5.74, 6) is 0. The van der Waals surface area contributed by atoms with Crippen molar-refractivity contribution in [3.63, 3.8) is 0 Å². The Hall–Kier alpha value is -1.85. The van der Waals surface area contributed by atoms with Crippen molar-refractivity contribution in [2.24, 2.45) is 0 Å². The van der Waals surface area contributed by atoms with E-state index in [2.05, 4.69) is 23.5 Å². The van der Waals surface area contributed by atoms with Crippen LogP contribution in [0.3, 0.4) is 0 Å². The quantitative estimate of drug-likeness (QED) is 0.842. The largest absolute Gasteiger partial charge is 0.300 e. The standard InChI is InChI=1S/C18H24N2O2S/c1-4-20(5-2)14-16-8-10-17(11-9-16)19-23(21,22)18-12-6-15(3)7-13-18/h6-13,19H,4-5,14H2,1-3H3. The van der Waals surface area contributed by atoms with E-state index in [1.54, 1.807) is 24.3 Å². The fraction of sp³-hybridized carbons (Fsp3) is 0.333. The molecule has 1 N–H and O–H groups in total. The minimum atomic E-state index is -3.54. The van der Waals surface area contributed by atoms with Gasteiger partial charge >= 0.3 is 0 Å². The molecule has 2 aromatic carbocycles. The Morgan fingerprint density at radius 1 is 0.913 bits per heavy atom. The second-order valence-electron chi connectivity index (χ2n) is 5.58. The number of hydrogen-bond acceptors (Lipinski definition) is 3. The van der Waals surface area contributed by atoms with Gasteiger partial charge in [-0.1, -0.05) is 43.7 Å². The van der Waals surface area contributed by atoms with Crippen LogP contribution in [0.5, 0.6) is 0 Å². The molecule has 0 heterocycles. The first-order valence-electron chi connectivity index (χ1n) is 7.85. The number of hydrogen-bond donors (Lipinski definition) is 1. The van der Waals surface area contributed by atoms with Gasteiger partial charge in [-0.3, -0.25) is 9.62 Å². The first kappa shape index (κ1) is 17.5. The summed E-state index contributed by atoms with van der Waals surface area (Å²) >= 11 is 0. The van der Waals surface area contributed by atoms with Gasteiger partial charge in [-0.05, 0) is 49.8 Å². The molecule has 0 aliphatic heterocycles. The molecule has 0 spiro atoms. The summed E-state index contributed by atoms with van der Waals surface area (Å²) in [7, 11) is -3.54. The third kappa shape index (κ3) is 4.81. The molecule has 2 rings (SSSR count). The second kappa shape index (κ2) is 7.62. The molecule has 0 aliphatic carbocycles. The lowest BCUT2D eigenvalue weighted by molar-refractivity contribution is 0.296. The molecule has 23 heavy (non-hydrogen) atoms. The summed E-state index contributed by atoms with van der Waals surface area (Å²) in [6.45, 7) is 9.06. The van der Waals surface area contributed by atoms with E-state index >= 15 is 0 Å². The molecule has 0 atom stereocenters. The van der Waals surface area contributed by atoms with Crippen LogP contribution in [-0.4, -0.2) is 26.4 Å². The smallest absolute Gasteiger partial charge is 0.261 e. The molecule has 4 nitrogen and oxygen atoms in total. The Morgan fingerprint density at radius 3 is 2.00 bits per heavy atom. The van der Waals surface area contributed by atoms with Crippen molar-refractivity contribution in [1.29, 1.82) is 0 Å². The Labute approximate surface area is 139 Å². The van der Waals surface area contributed by atoms with E-state index in [1.807, 2.05) is 31.2 Å². The van der Waals surface area contributed by atoms with Crippen LogP contribution in [-0.2, 0) is 16.6 Å². The van der Waals surface area contributed by atoms with Crippen LogP contribution in [0.2, 0.25) is 0 Å². The van der Waals surface area contributed by atoms with Gasteiger partial charge in [-0.2, -0.15) is 0 Å². The summed E-state index contributed by atoms with van der Waals surface area (Å²) in [6, 6.07) is 14.4. The van der Waals surface area contributed by atoms with E-state index in [1.165, 1.54) is 5.56 Å². The minimum Gasteiger partial charge on any atom is -0.300 e. The number of benzene rings is 2. The van der Waals surface area contributed by atoms with E-state index in [0.29, 0.717) is 5.69 Å². The topological polar surface area (TPSA) is 49.4 Å². The van der Waals surface area contributed by atoms with Crippen molar-refractivity contribution in [2.45, 2.75) is 32.2 Å². The average Bonchev–Trinajstić information content (AvgIpc) is 2.54. The monoisotopic (exact) mass is 332 g/mol. The SMILES string of the molecule is CCN(CC)Cc1ccc(NS(=O)(=O)c2ccc(C)cc2)cc1. The van der Waals surface area contributed by atoms with E-state index in [4.69, 9.17) is 0 Å². The van der Waals surface area contributed by atoms with Crippen molar-refractivity contribution in [1.82, 2.24) is 4.90 Å². The van der Waals surface area contributed by atoms with Gasteiger partial charge in [0.1, 0.15) is 0 Å². The molecule has 0 amide bonds. The third-order valence-electron chi connectivity index (χ3n) is 3.84. The maximum atomic E-state index is 12.3. The van der Waals surface area contributed by atoms with Crippen molar-refractivity contribution in [3.8, 4) is 0 Å². The van der Waals surface area contributed by atoms with E-state index in [9.17, 15) is 8.42 Å². The van der Waals surface area contributed by atoms with Gasteiger partial charge in [0.25, 0.3) is 10.0 Å². The molecule has 2 aromatic rings. The molecule has 0 unspecified atom stereocenters. The molecule has 124 valence electrons. The van der Waals surface area contributed by atoms with Crippen LogP contribution in [0.25, 0.3) is 0 Å². The maximum absolute atomic E-state index is 12.3. The highest BCUT2D eigenvalue weighted by molar-refractivity contribution is 7.92. The third-order valence-corrected chi connectivity index (χ3v) is 5.24. The van der Waals surface area contributed by atoms with Crippen LogP contribution in [0.4, 0.5) is 5.69 Å². The number of nitrogens with one attached hydrogen (secondary N) is 1. The van der Waals surface area contributed by atoms with Gasteiger partial charge in [0.15, 0.2) is 0 Å². The maximum Gasteiger partial charge on any atom is 0.261 e. The lowest BCUT2D eigenvalue weighted by Crippen LogP contribution is -2.22. The van der Waals surface area contributed by atoms with Gasteiger partial charge in [0.05, 0.1) is 4.90 Å². The molecule has 0 aromatic heterocycles. The van der Waals surface area contributed by atoms with Gasteiger partial charge < -0.3 is 0 Å². The van der Waals surface area contributed by atoms with E-state index in [0.717, 1.165) is 25.2 Å². The molecule has 0 bridgehead atoms. The van der Waals surface area contributed by atoms with E-state index < -0.39 is 10.0 Å². The highest BCUT2D eigenvalue weighted by Gasteiger charge is 2.13. The number of nitrogens with zero attached hydrogens (tertiary/aromatic N) is 1. The Balaban J connectivity index is 2.09. The molecule has 0 radical (unpaired) electrons. The second-order valence-corrected chi connectivity index (χ2v) is 7.26. The summed E-state index contributed by atoms with van der Waals surface area (Å²) in [5.41, 5.74) is 2.78. The molecule has 0 saturated heterocycles. The number of aryl methyl sites for hydroxylation is 1. The van der Waals surface area contributed by atoms with Crippen molar-refractivity contribution >= 4 is 15.7 Å². The summed E-state index contributed by atoms with van der Waals surface area (Å²) in [6.07, 6.45) is 0. The number of sulfonamides is 1. The van der Waals surface area contributed by atoms with Crippen LogP contribution in [0, 0.1) is 6.92 Å². The minimum absolute atomic E-state index is 0.273. The lowest BCUT2D eigenvalue weighted by atomic mass is 10.2. The van der Waals surface area contributed by atoms with Crippen LogP contribution in [0.15, 0.2) is 53.4 Å². The fourth-order valence-corrected chi connectivity index (χ4v) is 3.37. The Kier molecular flexibility index (Phi) is 5.80. The highest BCUT2D eigenvalue weighted by atomic mass is 32.2. The summed E-state index contributed by atoms with van der Waals surface area (Å²) < 4.78 is 27.3. The molecule has 0 fully saturated rings. The van der Waals surface area contributed by atoms with Crippen molar-refractivity contribution < 1.29 is 8.42 Å².